The van der Waals surface area contributed by atoms with E-state index >= 15 is 4.39 Å². The summed E-state index contributed by atoms with van der Waals surface area (Å²) in [6, 6.07) is 8.70. The molecule has 166 valence electrons. The molecule has 4 aromatic rings. The van der Waals surface area contributed by atoms with Crippen molar-refractivity contribution in [3.8, 4) is 0 Å². The molecule has 2 heterocycles. The van der Waals surface area contributed by atoms with Gasteiger partial charge in [0.2, 0.25) is 0 Å². The van der Waals surface area contributed by atoms with Crippen LogP contribution in [0.5, 0.6) is 0 Å². The lowest BCUT2D eigenvalue weighted by Gasteiger charge is -2.26. The second-order valence-corrected chi connectivity index (χ2v) is 8.25. The Hall–Kier alpha value is -3.23. The lowest BCUT2D eigenvalue weighted by molar-refractivity contribution is 0.158. The molecule has 0 bridgehead atoms. The Morgan fingerprint density at radius 3 is 2.69 bits per heavy atom. The summed E-state index contributed by atoms with van der Waals surface area (Å²) in [4.78, 5) is 5.55. The van der Waals surface area contributed by atoms with Crippen LogP contribution in [0.4, 0.5) is 29.1 Å². The van der Waals surface area contributed by atoms with Gasteiger partial charge in [0.25, 0.3) is 12.2 Å². The number of aromatic nitrogens is 4. The minimum absolute atomic E-state index is 0.0444. The first kappa shape index (κ1) is 20.7. The molecule has 32 heavy (non-hydrogen) atoms. The fourth-order valence-corrected chi connectivity index (χ4v) is 4.14. The number of alkyl halides is 2. The van der Waals surface area contributed by atoms with Gasteiger partial charge >= 0.3 is 0 Å². The van der Waals surface area contributed by atoms with Crippen LogP contribution in [0, 0.1) is 24.5 Å². The smallest absolute Gasteiger partial charge is 0.257 e. The molecule has 0 aliphatic heterocycles. The minimum atomic E-state index is -2.76. The normalized spacial score (nSPS) is 14.1. The van der Waals surface area contributed by atoms with Gasteiger partial charge in [0.15, 0.2) is 0 Å². The number of halogens is 4. The summed E-state index contributed by atoms with van der Waals surface area (Å²) in [5.41, 5.74) is 1.32. The van der Waals surface area contributed by atoms with Gasteiger partial charge in [-0.15, -0.1) is 10.2 Å². The molecule has 0 unspecified atom stereocenters. The van der Waals surface area contributed by atoms with E-state index < -0.39 is 24.6 Å². The fraction of sp³-hybridized carbons (Fsp3) is 0.348. The van der Waals surface area contributed by atoms with Crippen LogP contribution >= 0.6 is 0 Å². The summed E-state index contributed by atoms with van der Waals surface area (Å²) < 4.78 is 58.4. The van der Waals surface area contributed by atoms with E-state index in [1.807, 2.05) is 0 Å². The Bertz CT molecular complexity index is 1300. The summed E-state index contributed by atoms with van der Waals surface area (Å²) in [6.45, 7) is 0.923. The van der Waals surface area contributed by atoms with Crippen molar-refractivity contribution < 1.29 is 17.6 Å². The van der Waals surface area contributed by atoms with Gasteiger partial charge in [-0.1, -0.05) is 18.9 Å². The minimum Gasteiger partial charge on any atom is -0.320 e. The van der Waals surface area contributed by atoms with Crippen LogP contribution in [0.25, 0.3) is 16.7 Å². The number of hydrogen-bond acceptors (Lipinski definition) is 4. The molecule has 1 saturated carbocycles. The fourth-order valence-electron chi connectivity index (χ4n) is 4.14. The second-order valence-electron chi connectivity index (χ2n) is 8.25. The Labute approximate surface area is 181 Å². The summed E-state index contributed by atoms with van der Waals surface area (Å²) in [5, 5.41) is 8.03. The van der Waals surface area contributed by atoms with Crippen LogP contribution in [0.2, 0.25) is 0 Å². The number of nitrogens with zero attached hydrogens (tertiary/aromatic N) is 5. The van der Waals surface area contributed by atoms with Crippen molar-refractivity contribution in [1.82, 2.24) is 19.6 Å². The quantitative estimate of drug-likeness (QED) is 0.349. The maximum absolute atomic E-state index is 15.0. The zero-order chi connectivity index (χ0) is 22.4. The van der Waals surface area contributed by atoms with E-state index in [1.165, 1.54) is 42.0 Å². The van der Waals surface area contributed by atoms with Gasteiger partial charge in [0.1, 0.15) is 23.3 Å². The largest absolute Gasteiger partial charge is 0.320 e. The van der Waals surface area contributed by atoms with Crippen LogP contribution in [0.15, 0.2) is 36.4 Å². The summed E-state index contributed by atoms with van der Waals surface area (Å²) in [5.74, 6) is 0.0963. The molecule has 0 saturated heterocycles. The van der Waals surface area contributed by atoms with Crippen molar-refractivity contribution in [2.24, 2.45) is 5.92 Å². The molecular formula is C23H21F4N5. The molecule has 0 spiro atoms. The SMILES string of the molecule is Cc1nnc2nc(N(CC(F)F)c3cc(F)cc(CCC4CC4)c3)c3c(F)cccc3n12. The average molecular weight is 443 g/mol. The highest BCUT2D eigenvalue weighted by atomic mass is 19.3. The van der Waals surface area contributed by atoms with Gasteiger partial charge in [0, 0.05) is 5.69 Å². The molecule has 1 aliphatic carbocycles. The average Bonchev–Trinajstić information content (AvgIpc) is 3.51. The molecule has 0 N–H and O–H groups in total. The van der Waals surface area contributed by atoms with Crippen LogP contribution in [-0.2, 0) is 6.42 Å². The standard InChI is InChI=1S/C23H21F4N5/c1-13-29-30-23-28-22(21-18(25)3-2-4-19(21)32(13)23)31(12-20(26)27)17-10-15(9-16(24)11-17)8-7-14-5-6-14/h2-4,9-11,14,20H,5-8,12H2,1H3. The van der Waals surface area contributed by atoms with Gasteiger partial charge in [-0.2, -0.15) is 4.98 Å². The molecule has 2 aromatic carbocycles. The van der Waals surface area contributed by atoms with E-state index in [0.29, 0.717) is 23.7 Å². The van der Waals surface area contributed by atoms with Crippen molar-refractivity contribution in [1.29, 1.82) is 0 Å². The number of rotatable bonds is 7. The molecule has 1 fully saturated rings. The lowest BCUT2D eigenvalue weighted by atomic mass is 10.1. The zero-order valence-electron chi connectivity index (χ0n) is 17.4. The first-order chi connectivity index (χ1) is 15.4. The maximum Gasteiger partial charge on any atom is 0.257 e. The summed E-state index contributed by atoms with van der Waals surface area (Å²) >= 11 is 0. The predicted octanol–water partition coefficient (Wildman–Crippen LogP) is 5.61. The Morgan fingerprint density at radius 1 is 1.12 bits per heavy atom. The Morgan fingerprint density at radius 2 is 1.94 bits per heavy atom. The van der Waals surface area contributed by atoms with Crippen LogP contribution in [0.3, 0.4) is 0 Å². The van der Waals surface area contributed by atoms with E-state index in [1.54, 1.807) is 23.5 Å². The molecule has 1 aliphatic rings. The number of benzene rings is 2. The van der Waals surface area contributed by atoms with Crippen molar-refractivity contribution in [2.75, 3.05) is 11.4 Å². The molecule has 5 nitrogen and oxygen atoms in total. The zero-order valence-corrected chi connectivity index (χ0v) is 17.4. The molecule has 0 radical (unpaired) electrons. The van der Waals surface area contributed by atoms with Gasteiger partial charge < -0.3 is 4.90 Å². The molecular weight excluding hydrogens is 422 g/mol. The van der Waals surface area contributed by atoms with E-state index in [-0.39, 0.29) is 22.7 Å². The Balaban J connectivity index is 1.70. The first-order valence-corrected chi connectivity index (χ1v) is 10.6. The predicted molar refractivity (Wildman–Crippen MR) is 113 cm³/mol. The monoisotopic (exact) mass is 443 g/mol. The van der Waals surface area contributed by atoms with Crippen molar-refractivity contribution in [3.05, 3.63) is 59.4 Å². The van der Waals surface area contributed by atoms with Crippen LogP contribution in [-0.4, -0.2) is 32.6 Å². The molecule has 0 amide bonds. The first-order valence-electron chi connectivity index (χ1n) is 10.6. The number of anilines is 2. The van der Waals surface area contributed by atoms with Crippen LogP contribution in [0.1, 0.15) is 30.7 Å². The van der Waals surface area contributed by atoms with Crippen molar-refractivity contribution >= 4 is 28.2 Å². The number of fused-ring (bicyclic) bond motifs is 3. The molecule has 2 aromatic heterocycles. The van der Waals surface area contributed by atoms with Crippen LogP contribution < -0.4 is 4.90 Å². The molecule has 9 heteroatoms. The third-order valence-corrected chi connectivity index (χ3v) is 5.84. The van der Waals surface area contributed by atoms with Crippen molar-refractivity contribution in [2.45, 2.75) is 39.0 Å². The lowest BCUT2D eigenvalue weighted by Crippen LogP contribution is -2.26. The summed E-state index contributed by atoms with van der Waals surface area (Å²) in [6.07, 6.45) is 1.17. The third kappa shape index (κ3) is 3.87. The highest BCUT2D eigenvalue weighted by Gasteiger charge is 2.25. The number of hydrogen-bond donors (Lipinski definition) is 0. The summed E-state index contributed by atoms with van der Waals surface area (Å²) in [7, 11) is 0. The van der Waals surface area contributed by atoms with E-state index in [0.717, 1.165) is 12.0 Å². The van der Waals surface area contributed by atoms with E-state index in [9.17, 15) is 13.2 Å². The molecule has 0 atom stereocenters. The third-order valence-electron chi connectivity index (χ3n) is 5.84. The Kier molecular flexibility index (Phi) is 5.19. The highest BCUT2D eigenvalue weighted by Crippen LogP contribution is 2.36. The maximum atomic E-state index is 15.0. The van der Waals surface area contributed by atoms with Gasteiger partial charge in [-0.3, -0.25) is 4.40 Å². The second kappa shape index (κ2) is 8.03. The number of aryl methyl sites for hydroxylation is 2. The van der Waals surface area contributed by atoms with Crippen molar-refractivity contribution in [3.63, 3.8) is 0 Å². The van der Waals surface area contributed by atoms with E-state index in [4.69, 9.17) is 0 Å². The van der Waals surface area contributed by atoms with Gasteiger partial charge in [-0.05, 0) is 61.6 Å². The van der Waals surface area contributed by atoms with Gasteiger partial charge in [0.05, 0.1) is 17.4 Å². The highest BCUT2D eigenvalue weighted by molar-refractivity contribution is 5.94. The topological polar surface area (TPSA) is 46.3 Å². The molecule has 5 rings (SSSR count). The van der Waals surface area contributed by atoms with Gasteiger partial charge in [-0.25, -0.2) is 17.6 Å². The van der Waals surface area contributed by atoms with E-state index in [2.05, 4.69) is 15.2 Å².